The van der Waals surface area contributed by atoms with E-state index in [1.807, 2.05) is 4.90 Å². The lowest BCUT2D eigenvalue weighted by Gasteiger charge is -2.41. The van der Waals surface area contributed by atoms with Crippen molar-refractivity contribution in [3.05, 3.63) is 23.8 Å². The van der Waals surface area contributed by atoms with Gasteiger partial charge in [0, 0.05) is 37.8 Å². The zero-order chi connectivity index (χ0) is 19.4. The molecule has 2 aliphatic rings. The van der Waals surface area contributed by atoms with Crippen LogP contribution in [0.1, 0.15) is 42.5 Å². The van der Waals surface area contributed by atoms with Crippen LogP contribution in [0.2, 0.25) is 0 Å². The minimum Gasteiger partial charge on any atom is -0.497 e. The van der Waals surface area contributed by atoms with E-state index in [-0.39, 0.29) is 11.8 Å². The van der Waals surface area contributed by atoms with Gasteiger partial charge < -0.3 is 25.0 Å². The van der Waals surface area contributed by atoms with Gasteiger partial charge in [-0.05, 0) is 25.0 Å². The highest BCUT2D eigenvalue weighted by atomic mass is 16.5. The summed E-state index contributed by atoms with van der Waals surface area (Å²) in [6.07, 6.45) is 4.69. The van der Waals surface area contributed by atoms with Crippen LogP contribution in [0.15, 0.2) is 18.2 Å². The lowest BCUT2D eigenvalue weighted by Crippen LogP contribution is -2.60. The van der Waals surface area contributed by atoms with Crippen molar-refractivity contribution in [3.63, 3.8) is 0 Å². The largest absolute Gasteiger partial charge is 0.497 e. The predicted molar refractivity (Wildman–Crippen MR) is 102 cm³/mol. The first-order valence-corrected chi connectivity index (χ1v) is 9.57. The molecule has 7 heteroatoms. The fourth-order valence-electron chi connectivity index (χ4n) is 3.94. The Balaban J connectivity index is 1.63. The SMILES string of the molecule is COc1cc(OC)cc(C(=O)N2CCN(C(=O)C3(N)CCCCC3)CC2)c1. The summed E-state index contributed by atoms with van der Waals surface area (Å²) in [5, 5.41) is 0. The Hall–Kier alpha value is -2.28. The molecule has 1 aliphatic carbocycles. The predicted octanol–water partition coefficient (Wildman–Crippen LogP) is 1.65. The molecule has 2 N–H and O–H groups in total. The van der Waals surface area contributed by atoms with Gasteiger partial charge in [-0.15, -0.1) is 0 Å². The van der Waals surface area contributed by atoms with Gasteiger partial charge >= 0.3 is 0 Å². The number of piperazine rings is 1. The first-order valence-electron chi connectivity index (χ1n) is 9.57. The molecule has 1 aromatic rings. The van der Waals surface area contributed by atoms with E-state index >= 15 is 0 Å². The fraction of sp³-hybridized carbons (Fsp3) is 0.600. The Morgan fingerprint density at radius 3 is 1.93 bits per heavy atom. The highest BCUT2D eigenvalue weighted by Gasteiger charge is 2.39. The molecule has 0 atom stereocenters. The number of nitrogens with two attached hydrogens (primary N) is 1. The van der Waals surface area contributed by atoms with Gasteiger partial charge in [0.05, 0.1) is 19.8 Å². The molecule has 1 aromatic carbocycles. The van der Waals surface area contributed by atoms with Gasteiger partial charge in [-0.1, -0.05) is 19.3 Å². The Morgan fingerprint density at radius 1 is 0.889 bits per heavy atom. The molecule has 27 heavy (non-hydrogen) atoms. The van der Waals surface area contributed by atoms with E-state index in [9.17, 15) is 9.59 Å². The van der Waals surface area contributed by atoms with Crippen molar-refractivity contribution in [1.82, 2.24) is 9.80 Å². The van der Waals surface area contributed by atoms with Crippen molar-refractivity contribution in [2.24, 2.45) is 5.73 Å². The van der Waals surface area contributed by atoms with E-state index in [0.717, 1.165) is 32.1 Å². The first kappa shape index (κ1) is 19.5. The number of nitrogens with zero attached hydrogens (tertiary/aromatic N) is 2. The number of hydrogen-bond donors (Lipinski definition) is 1. The molecule has 2 fully saturated rings. The second-order valence-corrected chi connectivity index (χ2v) is 7.40. The molecular formula is C20H29N3O4. The second kappa shape index (κ2) is 8.17. The molecule has 1 saturated heterocycles. The summed E-state index contributed by atoms with van der Waals surface area (Å²) >= 11 is 0. The van der Waals surface area contributed by atoms with E-state index in [4.69, 9.17) is 15.2 Å². The third-order valence-electron chi connectivity index (χ3n) is 5.62. The molecule has 1 saturated carbocycles. The van der Waals surface area contributed by atoms with Crippen molar-refractivity contribution in [1.29, 1.82) is 0 Å². The second-order valence-electron chi connectivity index (χ2n) is 7.40. The summed E-state index contributed by atoms with van der Waals surface area (Å²) in [5.41, 5.74) is 6.19. The zero-order valence-corrected chi connectivity index (χ0v) is 16.2. The Bertz CT molecular complexity index is 670. The summed E-state index contributed by atoms with van der Waals surface area (Å²) in [4.78, 5) is 29.3. The maximum absolute atomic E-state index is 12.9. The normalized spacial score (nSPS) is 19.5. The van der Waals surface area contributed by atoms with Crippen LogP contribution in [0.4, 0.5) is 0 Å². The lowest BCUT2D eigenvalue weighted by atomic mass is 9.81. The molecule has 3 rings (SSSR count). The van der Waals surface area contributed by atoms with Crippen molar-refractivity contribution < 1.29 is 19.1 Å². The van der Waals surface area contributed by atoms with Crippen molar-refractivity contribution in [2.45, 2.75) is 37.6 Å². The van der Waals surface area contributed by atoms with Gasteiger partial charge in [-0.3, -0.25) is 9.59 Å². The number of ether oxygens (including phenoxy) is 2. The van der Waals surface area contributed by atoms with Crippen molar-refractivity contribution in [3.8, 4) is 11.5 Å². The summed E-state index contributed by atoms with van der Waals surface area (Å²) in [6.45, 7) is 2.04. The van der Waals surface area contributed by atoms with Crippen LogP contribution < -0.4 is 15.2 Å². The smallest absolute Gasteiger partial charge is 0.254 e. The molecule has 1 heterocycles. The van der Waals surface area contributed by atoms with E-state index in [1.54, 1.807) is 37.3 Å². The molecule has 0 radical (unpaired) electrons. The highest BCUT2D eigenvalue weighted by Crippen LogP contribution is 2.28. The minimum absolute atomic E-state index is 0.0392. The number of rotatable bonds is 4. The van der Waals surface area contributed by atoms with E-state index < -0.39 is 5.54 Å². The van der Waals surface area contributed by atoms with E-state index in [1.165, 1.54) is 0 Å². The highest BCUT2D eigenvalue weighted by molar-refractivity contribution is 5.95. The lowest BCUT2D eigenvalue weighted by molar-refractivity contribution is -0.139. The average molecular weight is 375 g/mol. The molecule has 0 spiro atoms. The summed E-state index contributed by atoms with van der Waals surface area (Å²) in [7, 11) is 3.11. The number of methoxy groups -OCH3 is 2. The Kier molecular flexibility index (Phi) is 5.89. The van der Waals surface area contributed by atoms with Gasteiger partial charge in [0.2, 0.25) is 5.91 Å². The molecule has 7 nitrogen and oxygen atoms in total. The summed E-state index contributed by atoms with van der Waals surface area (Å²) in [6, 6.07) is 5.15. The number of amides is 2. The fourth-order valence-corrected chi connectivity index (χ4v) is 3.94. The Morgan fingerprint density at radius 2 is 1.41 bits per heavy atom. The molecule has 0 bridgehead atoms. The molecular weight excluding hydrogens is 346 g/mol. The average Bonchev–Trinajstić information content (AvgIpc) is 2.72. The first-order chi connectivity index (χ1) is 13.0. The topological polar surface area (TPSA) is 85.1 Å². The quantitative estimate of drug-likeness (QED) is 0.865. The zero-order valence-electron chi connectivity index (χ0n) is 16.2. The number of carbonyl (C=O) groups is 2. The third kappa shape index (κ3) is 4.18. The summed E-state index contributed by atoms with van der Waals surface area (Å²) in [5.74, 6) is 1.11. The van der Waals surface area contributed by atoms with Crippen LogP contribution in [0.3, 0.4) is 0 Å². The van der Waals surface area contributed by atoms with Crippen LogP contribution in [0.25, 0.3) is 0 Å². The van der Waals surface area contributed by atoms with E-state index in [0.29, 0.717) is 43.2 Å². The van der Waals surface area contributed by atoms with Crippen LogP contribution in [-0.4, -0.2) is 67.6 Å². The number of benzene rings is 1. The van der Waals surface area contributed by atoms with Crippen LogP contribution in [-0.2, 0) is 4.79 Å². The standard InChI is InChI=1S/C20H29N3O4/c1-26-16-12-15(13-17(14-16)27-2)18(24)22-8-10-23(11-9-22)19(25)20(21)6-4-3-5-7-20/h12-14H,3-11,21H2,1-2H3. The number of hydrogen-bond acceptors (Lipinski definition) is 5. The van der Waals surface area contributed by atoms with Crippen LogP contribution in [0, 0.1) is 0 Å². The van der Waals surface area contributed by atoms with Gasteiger partial charge in [0.1, 0.15) is 11.5 Å². The van der Waals surface area contributed by atoms with Gasteiger partial charge in [-0.2, -0.15) is 0 Å². The molecule has 0 aromatic heterocycles. The van der Waals surface area contributed by atoms with Crippen molar-refractivity contribution in [2.75, 3.05) is 40.4 Å². The number of carbonyl (C=O) groups excluding carboxylic acids is 2. The van der Waals surface area contributed by atoms with Gasteiger partial charge in [0.15, 0.2) is 0 Å². The molecule has 2 amide bonds. The van der Waals surface area contributed by atoms with E-state index in [2.05, 4.69) is 0 Å². The van der Waals surface area contributed by atoms with Crippen LogP contribution in [0.5, 0.6) is 11.5 Å². The third-order valence-corrected chi connectivity index (χ3v) is 5.62. The van der Waals surface area contributed by atoms with Crippen LogP contribution >= 0.6 is 0 Å². The maximum Gasteiger partial charge on any atom is 0.254 e. The molecule has 148 valence electrons. The molecule has 1 aliphatic heterocycles. The van der Waals surface area contributed by atoms with Crippen molar-refractivity contribution >= 4 is 11.8 Å². The monoisotopic (exact) mass is 375 g/mol. The summed E-state index contributed by atoms with van der Waals surface area (Å²) < 4.78 is 10.5. The maximum atomic E-state index is 12.9. The minimum atomic E-state index is -0.718. The molecule has 0 unspecified atom stereocenters. The van der Waals surface area contributed by atoms with Gasteiger partial charge in [0.25, 0.3) is 5.91 Å². The van der Waals surface area contributed by atoms with Gasteiger partial charge in [-0.25, -0.2) is 0 Å². The Labute approximate surface area is 160 Å².